The first-order valence-electron chi connectivity index (χ1n) is 10.9. The molecule has 1 amide bonds. The Bertz CT molecular complexity index is 893. The Kier molecular flexibility index (Phi) is 4.97. The van der Waals surface area contributed by atoms with E-state index >= 15 is 0 Å². The molecule has 2 bridgehead atoms. The molecule has 2 saturated heterocycles. The fourth-order valence-electron chi connectivity index (χ4n) is 5.14. The number of ether oxygens (including phenoxy) is 1. The summed E-state index contributed by atoms with van der Waals surface area (Å²) in [6, 6.07) is 4.60. The first kappa shape index (κ1) is 19.2. The number of amides is 1. The van der Waals surface area contributed by atoms with Gasteiger partial charge in [-0.05, 0) is 49.5 Å². The number of nitrogens with one attached hydrogen (secondary N) is 2. The van der Waals surface area contributed by atoms with Crippen LogP contribution in [0.15, 0.2) is 41.9 Å². The van der Waals surface area contributed by atoms with Crippen molar-refractivity contribution < 1.29 is 9.53 Å². The van der Waals surface area contributed by atoms with E-state index in [1.165, 1.54) is 11.8 Å². The zero-order valence-electron chi connectivity index (χ0n) is 17.4. The largest absolute Gasteiger partial charge is 0.481 e. The van der Waals surface area contributed by atoms with Gasteiger partial charge in [0.05, 0.1) is 18.5 Å². The van der Waals surface area contributed by atoms with Crippen molar-refractivity contribution >= 4 is 12.1 Å². The molecule has 1 saturated carbocycles. The number of hydrogen-bond acceptors (Lipinski definition) is 6. The van der Waals surface area contributed by atoms with Gasteiger partial charge in [0.1, 0.15) is 0 Å². The van der Waals surface area contributed by atoms with Crippen molar-refractivity contribution in [1.29, 1.82) is 5.41 Å². The number of piperazine rings is 1. The predicted octanol–water partition coefficient (Wildman–Crippen LogP) is 2.28. The average Bonchev–Trinajstić information content (AvgIpc) is 3.45. The van der Waals surface area contributed by atoms with Crippen LogP contribution in [0.5, 0.6) is 5.88 Å². The van der Waals surface area contributed by atoms with Crippen molar-refractivity contribution in [2.75, 3.05) is 26.7 Å². The van der Waals surface area contributed by atoms with Gasteiger partial charge in [-0.25, -0.2) is 4.98 Å². The van der Waals surface area contributed by atoms with Crippen LogP contribution in [0.1, 0.15) is 37.2 Å². The summed E-state index contributed by atoms with van der Waals surface area (Å²) in [6.45, 7) is 2.51. The Hall–Kier alpha value is -2.83. The number of nitrogens with zero attached hydrogens (tertiary/aromatic N) is 3. The molecule has 0 aromatic carbocycles. The molecule has 1 aromatic rings. The third-order valence-electron chi connectivity index (χ3n) is 6.80. The highest BCUT2D eigenvalue weighted by molar-refractivity contribution is 5.82. The fourth-order valence-corrected chi connectivity index (χ4v) is 5.14. The Balaban J connectivity index is 1.34. The van der Waals surface area contributed by atoms with Crippen molar-refractivity contribution in [3.8, 4) is 5.88 Å². The van der Waals surface area contributed by atoms with E-state index in [1.807, 2.05) is 18.2 Å². The van der Waals surface area contributed by atoms with Crippen molar-refractivity contribution in [2.45, 2.75) is 43.7 Å². The highest BCUT2D eigenvalue weighted by Crippen LogP contribution is 2.39. The minimum Gasteiger partial charge on any atom is -0.481 e. The van der Waals surface area contributed by atoms with E-state index in [-0.39, 0.29) is 11.8 Å². The van der Waals surface area contributed by atoms with Gasteiger partial charge < -0.3 is 25.3 Å². The summed E-state index contributed by atoms with van der Waals surface area (Å²) in [4.78, 5) is 21.5. The molecule has 30 heavy (non-hydrogen) atoms. The minimum atomic E-state index is 0.237. The van der Waals surface area contributed by atoms with E-state index in [4.69, 9.17) is 10.1 Å². The maximum atomic E-state index is 12.7. The minimum absolute atomic E-state index is 0.237. The first-order valence-corrected chi connectivity index (χ1v) is 10.9. The predicted molar refractivity (Wildman–Crippen MR) is 114 cm³/mol. The molecule has 7 heteroatoms. The van der Waals surface area contributed by atoms with Crippen LogP contribution < -0.4 is 10.1 Å². The summed E-state index contributed by atoms with van der Waals surface area (Å²) in [5, 5.41) is 11.2. The lowest BCUT2D eigenvalue weighted by Gasteiger charge is -2.43. The zero-order valence-corrected chi connectivity index (χ0v) is 17.4. The maximum absolute atomic E-state index is 12.7. The van der Waals surface area contributed by atoms with Crippen LogP contribution >= 0.6 is 0 Å². The highest BCUT2D eigenvalue weighted by atomic mass is 16.5. The van der Waals surface area contributed by atoms with E-state index in [2.05, 4.69) is 26.2 Å². The van der Waals surface area contributed by atoms with Gasteiger partial charge in [0.2, 0.25) is 11.8 Å². The lowest BCUT2D eigenvalue weighted by atomic mass is 10.0. The lowest BCUT2D eigenvalue weighted by Crippen LogP contribution is -2.56. The van der Waals surface area contributed by atoms with Crippen LogP contribution in [0.25, 0.3) is 0 Å². The molecule has 2 N–H and O–H groups in total. The summed E-state index contributed by atoms with van der Waals surface area (Å²) in [6.07, 6.45) is 11.6. The fraction of sp³-hybridized carbons (Fsp3) is 0.522. The molecular weight excluding hydrogens is 378 g/mol. The standard InChI is InChI=1S/C23H29N5O2/c1-30-22-11-16(7-9-25-22)17-10-20(26-12-17)21(6-8-24)27-13-18-4-5-19(14-27)28(18)23(29)15-2-3-15/h6-11,15,17-19,24,26H,2-5,12-14H2,1H3/b21-6+,24-8?. The Morgan fingerprint density at radius 2 is 2.03 bits per heavy atom. The number of fused-ring (bicyclic) bond motifs is 2. The van der Waals surface area contributed by atoms with Crippen molar-refractivity contribution in [1.82, 2.24) is 20.1 Å². The molecule has 4 aliphatic rings. The van der Waals surface area contributed by atoms with Gasteiger partial charge in [-0.15, -0.1) is 0 Å². The summed E-state index contributed by atoms with van der Waals surface area (Å²) in [5.41, 5.74) is 3.29. The number of allylic oxidation sites excluding steroid dienone is 1. The number of rotatable bonds is 6. The number of hydrogen-bond donors (Lipinski definition) is 2. The van der Waals surface area contributed by atoms with Crippen molar-refractivity contribution in [3.05, 3.63) is 47.4 Å². The van der Waals surface area contributed by atoms with Crippen LogP contribution in [0.4, 0.5) is 0 Å². The van der Waals surface area contributed by atoms with E-state index in [0.717, 1.165) is 56.7 Å². The van der Waals surface area contributed by atoms with Gasteiger partial charge in [-0.2, -0.15) is 0 Å². The third-order valence-corrected chi connectivity index (χ3v) is 6.80. The Morgan fingerprint density at radius 1 is 1.27 bits per heavy atom. The monoisotopic (exact) mass is 407 g/mol. The number of carbonyl (C=O) groups excluding carboxylic acids is 1. The van der Waals surface area contributed by atoms with Gasteiger partial charge in [0.15, 0.2) is 0 Å². The smallest absolute Gasteiger partial charge is 0.226 e. The molecular formula is C23H29N5O2. The summed E-state index contributed by atoms with van der Waals surface area (Å²) in [7, 11) is 1.63. The number of aromatic nitrogens is 1. The SMILES string of the molecule is COc1cc(C2C=C(/C(=C\C=N)N3CC4CCC(C3)N4C(=O)C3CC3)NC2)ccn1. The molecule has 3 fully saturated rings. The van der Waals surface area contributed by atoms with Gasteiger partial charge in [-0.3, -0.25) is 4.79 Å². The molecule has 3 aliphatic heterocycles. The molecule has 4 heterocycles. The molecule has 158 valence electrons. The number of methoxy groups -OCH3 is 1. The quantitative estimate of drug-likeness (QED) is 0.707. The van der Waals surface area contributed by atoms with Gasteiger partial charge in [-0.1, -0.05) is 0 Å². The van der Waals surface area contributed by atoms with E-state index in [0.29, 0.717) is 23.9 Å². The second-order valence-electron chi connectivity index (χ2n) is 8.73. The van der Waals surface area contributed by atoms with Crippen LogP contribution in [0.2, 0.25) is 0 Å². The molecule has 1 aliphatic carbocycles. The molecule has 3 atom stereocenters. The summed E-state index contributed by atoms with van der Waals surface area (Å²) < 4.78 is 5.27. The zero-order chi connectivity index (χ0) is 20.7. The molecule has 3 unspecified atom stereocenters. The normalized spacial score (nSPS) is 28.2. The van der Waals surface area contributed by atoms with Gasteiger partial charge in [0.25, 0.3) is 0 Å². The second-order valence-corrected chi connectivity index (χ2v) is 8.73. The third kappa shape index (κ3) is 3.46. The maximum Gasteiger partial charge on any atom is 0.226 e. The van der Waals surface area contributed by atoms with Gasteiger partial charge >= 0.3 is 0 Å². The molecule has 5 rings (SSSR count). The van der Waals surface area contributed by atoms with E-state index in [9.17, 15) is 4.79 Å². The van der Waals surface area contributed by atoms with Crippen LogP contribution in [0, 0.1) is 11.3 Å². The number of likely N-dealkylation sites (tertiary alicyclic amines) is 1. The number of carbonyl (C=O) groups is 1. The lowest BCUT2D eigenvalue weighted by molar-refractivity contribution is -0.137. The van der Waals surface area contributed by atoms with E-state index < -0.39 is 0 Å². The molecule has 0 radical (unpaired) electrons. The molecule has 7 nitrogen and oxygen atoms in total. The van der Waals surface area contributed by atoms with Crippen molar-refractivity contribution in [3.63, 3.8) is 0 Å². The summed E-state index contributed by atoms with van der Waals surface area (Å²) in [5.74, 6) is 1.52. The second kappa shape index (κ2) is 7.78. The average molecular weight is 408 g/mol. The van der Waals surface area contributed by atoms with Gasteiger partial charge in [0, 0.05) is 62.0 Å². The van der Waals surface area contributed by atoms with Crippen LogP contribution in [-0.2, 0) is 4.79 Å². The van der Waals surface area contributed by atoms with E-state index in [1.54, 1.807) is 13.3 Å². The molecule has 0 spiro atoms. The Morgan fingerprint density at radius 3 is 2.70 bits per heavy atom. The highest BCUT2D eigenvalue weighted by Gasteiger charge is 2.47. The van der Waals surface area contributed by atoms with Crippen LogP contribution in [0.3, 0.4) is 0 Å². The number of pyridine rings is 1. The topological polar surface area (TPSA) is 81.5 Å². The summed E-state index contributed by atoms with van der Waals surface area (Å²) >= 11 is 0. The van der Waals surface area contributed by atoms with Crippen LogP contribution in [-0.4, -0.2) is 65.7 Å². The first-order chi connectivity index (χ1) is 14.7. The van der Waals surface area contributed by atoms with Crippen molar-refractivity contribution in [2.24, 2.45) is 5.92 Å². The molecule has 1 aromatic heterocycles. The Labute approximate surface area is 177 Å².